The number of amides is 2. The third-order valence-corrected chi connectivity index (χ3v) is 7.02. The molecule has 0 bridgehead atoms. The molecule has 2 fully saturated rings. The maximum Gasteiger partial charge on any atom is 0.321 e. The molecule has 5 rings (SSSR count). The van der Waals surface area contributed by atoms with E-state index in [2.05, 4.69) is 32.3 Å². The van der Waals surface area contributed by atoms with E-state index in [0.29, 0.717) is 13.1 Å². The Kier molecular flexibility index (Phi) is 6.70. The Morgan fingerprint density at radius 1 is 1.03 bits per heavy atom. The average Bonchev–Trinajstić information content (AvgIpc) is 2.86. The largest absolute Gasteiger partial charge is 0.395 e. The maximum absolute atomic E-state index is 14.1. The summed E-state index contributed by atoms with van der Waals surface area (Å²) in [5, 5.41) is 12.7. The Hall–Kier alpha value is -3.43. The van der Waals surface area contributed by atoms with Crippen LogP contribution in [0.2, 0.25) is 0 Å². The molecule has 0 radical (unpaired) electrons. The third-order valence-electron chi connectivity index (χ3n) is 7.02. The predicted molar refractivity (Wildman–Crippen MR) is 128 cm³/mol. The van der Waals surface area contributed by atoms with Crippen LogP contribution in [0.4, 0.5) is 19.3 Å². The van der Waals surface area contributed by atoms with Crippen molar-refractivity contribution in [2.45, 2.75) is 30.8 Å². The summed E-state index contributed by atoms with van der Waals surface area (Å²) in [6, 6.07) is 10.7. The molecule has 2 saturated heterocycles. The molecule has 182 valence electrons. The van der Waals surface area contributed by atoms with E-state index >= 15 is 0 Å². The van der Waals surface area contributed by atoms with Gasteiger partial charge in [-0.1, -0.05) is 24.3 Å². The van der Waals surface area contributed by atoms with Crippen molar-refractivity contribution in [1.29, 1.82) is 0 Å². The lowest BCUT2D eigenvalue weighted by Gasteiger charge is -2.57. The number of fused-ring (bicyclic) bond motifs is 1. The van der Waals surface area contributed by atoms with Crippen LogP contribution in [0.5, 0.6) is 0 Å². The number of aliphatic hydroxyl groups is 1. The number of carbonyl (C=O) groups excluding carboxylic acids is 1. The summed E-state index contributed by atoms with van der Waals surface area (Å²) in [6.07, 6.45) is 6.68. The van der Waals surface area contributed by atoms with Crippen molar-refractivity contribution in [2.24, 2.45) is 0 Å². The van der Waals surface area contributed by atoms with Gasteiger partial charge in [0.1, 0.15) is 18.0 Å². The maximum atomic E-state index is 14.1. The Bertz CT molecular complexity index is 1180. The molecule has 3 heterocycles. The van der Waals surface area contributed by atoms with E-state index in [0.717, 1.165) is 54.3 Å². The Morgan fingerprint density at radius 3 is 2.51 bits per heavy atom. The van der Waals surface area contributed by atoms with Crippen LogP contribution in [0, 0.1) is 11.6 Å². The lowest BCUT2D eigenvalue weighted by molar-refractivity contribution is -0.0585. The number of rotatable bonds is 4. The quantitative estimate of drug-likeness (QED) is 0.594. The van der Waals surface area contributed by atoms with Crippen LogP contribution >= 0.6 is 0 Å². The number of nitrogens with zero attached hydrogens (tertiary/aromatic N) is 4. The Labute approximate surface area is 202 Å². The number of aromatic nitrogens is 2. The van der Waals surface area contributed by atoms with Crippen molar-refractivity contribution in [2.75, 3.05) is 31.6 Å². The van der Waals surface area contributed by atoms with Crippen LogP contribution in [0.1, 0.15) is 24.3 Å². The standard InChI is InChI=1S/C26H27F2N5O2/c27-20-7-8-21(28)22(11-20)31-26(35)32-9-1-2-10-33-23(14-32)25(24(33)15-34)18-5-3-17(4-6-18)19-12-29-16-30-13-19/h3-8,11-13,16,23-25,34H,1-2,9-10,14-15H2,(H,31,35)/t23-,24+,25+/m1/s1. The van der Waals surface area contributed by atoms with Crippen LogP contribution in [0.15, 0.2) is 61.2 Å². The van der Waals surface area contributed by atoms with Gasteiger partial charge in [0.2, 0.25) is 0 Å². The first-order valence-corrected chi connectivity index (χ1v) is 11.8. The zero-order valence-electron chi connectivity index (χ0n) is 19.1. The van der Waals surface area contributed by atoms with Gasteiger partial charge in [0, 0.05) is 55.1 Å². The highest BCUT2D eigenvalue weighted by molar-refractivity contribution is 5.89. The third kappa shape index (κ3) is 4.74. The smallest absolute Gasteiger partial charge is 0.321 e. The van der Waals surface area contributed by atoms with Crippen LogP contribution < -0.4 is 5.32 Å². The van der Waals surface area contributed by atoms with Crippen LogP contribution in [-0.4, -0.2) is 69.2 Å². The summed E-state index contributed by atoms with van der Waals surface area (Å²) in [7, 11) is 0. The first-order chi connectivity index (χ1) is 17.0. The van der Waals surface area contributed by atoms with Crippen molar-refractivity contribution in [1.82, 2.24) is 19.8 Å². The second-order valence-corrected chi connectivity index (χ2v) is 9.04. The van der Waals surface area contributed by atoms with Gasteiger partial charge in [-0.3, -0.25) is 4.90 Å². The molecule has 0 aliphatic carbocycles. The lowest BCUT2D eigenvalue weighted by Crippen LogP contribution is -2.68. The molecule has 3 aromatic rings. The van der Waals surface area contributed by atoms with Gasteiger partial charge in [0.25, 0.3) is 0 Å². The number of hydrogen-bond donors (Lipinski definition) is 2. The highest BCUT2D eigenvalue weighted by Gasteiger charge is 2.49. The zero-order chi connectivity index (χ0) is 24.4. The van der Waals surface area contributed by atoms with Crippen molar-refractivity contribution in [3.8, 4) is 11.1 Å². The number of nitrogens with one attached hydrogen (secondary N) is 1. The number of anilines is 1. The van der Waals surface area contributed by atoms with Gasteiger partial charge in [-0.15, -0.1) is 0 Å². The molecule has 3 atom stereocenters. The summed E-state index contributed by atoms with van der Waals surface area (Å²) in [4.78, 5) is 25.1. The van der Waals surface area contributed by atoms with Gasteiger partial charge in [0.05, 0.1) is 12.3 Å². The van der Waals surface area contributed by atoms with E-state index < -0.39 is 17.7 Å². The Balaban J connectivity index is 1.35. The summed E-state index contributed by atoms with van der Waals surface area (Å²) in [5.74, 6) is -1.25. The molecule has 2 aliphatic heterocycles. The average molecular weight is 480 g/mol. The number of carbonyl (C=O) groups is 1. The lowest BCUT2D eigenvalue weighted by atomic mass is 9.74. The van der Waals surface area contributed by atoms with Crippen molar-refractivity contribution in [3.05, 3.63) is 78.4 Å². The second kappa shape index (κ2) is 10.1. The van der Waals surface area contributed by atoms with Crippen LogP contribution in [-0.2, 0) is 0 Å². The number of benzene rings is 2. The van der Waals surface area contributed by atoms with E-state index in [9.17, 15) is 18.7 Å². The number of hydrogen-bond acceptors (Lipinski definition) is 5. The molecule has 2 N–H and O–H groups in total. The fourth-order valence-corrected chi connectivity index (χ4v) is 5.26. The van der Waals surface area contributed by atoms with Crippen molar-refractivity contribution >= 4 is 11.7 Å². The minimum Gasteiger partial charge on any atom is -0.395 e. The first-order valence-electron chi connectivity index (χ1n) is 11.8. The normalized spacial score (nSPS) is 22.5. The van der Waals surface area contributed by atoms with E-state index in [1.807, 2.05) is 12.1 Å². The molecule has 9 heteroatoms. The van der Waals surface area contributed by atoms with Crippen molar-refractivity contribution in [3.63, 3.8) is 0 Å². The number of urea groups is 1. The van der Waals surface area contributed by atoms with E-state index in [1.165, 1.54) is 6.33 Å². The van der Waals surface area contributed by atoms with Crippen LogP contribution in [0.3, 0.4) is 0 Å². The molecule has 1 aromatic heterocycles. The van der Waals surface area contributed by atoms with E-state index in [-0.39, 0.29) is 30.3 Å². The number of halogens is 2. The molecular formula is C26H27F2N5O2. The molecule has 0 spiro atoms. The highest BCUT2D eigenvalue weighted by atomic mass is 19.1. The molecule has 7 nitrogen and oxygen atoms in total. The Morgan fingerprint density at radius 2 is 1.77 bits per heavy atom. The summed E-state index contributed by atoms with van der Waals surface area (Å²) in [6.45, 7) is 1.82. The van der Waals surface area contributed by atoms with Gasteiger partial charge in [0.15, 0.2) is 0 Å². The van der Waals surface area contributed by atoms with Gasteiger partial charge in [-0.05, 0) is 42.6 Å². The monoisotopic (exact) mass is 479 g/mol. The van der Waals surface area contributed by atoms with Crippen LogP contribution in [0.25, 0.3) is 11.1 Å². The molecule has 0 unspecified atom stereocenters. The molecule has 2 aromatic carbocycles. The molecule has 2 aliphatic rings. The topological polar surface area (TPSA) is 81.6 Å². The first kappa shape index (κ1) is 23.3. The SMILES string of the molecule is O=C(Nc1cc(F)ccc1F)N1CCCCN2[C@H](C1)[C@H](c1ccc(-c3cncnc3)cc1)[C@@H]2CO. The van der Waals surface area contributed by atoms with Gasteiger partial charge in [-0.2, -0.15) is 0 Å². The highest BCUT2D eigenvalue weighted by Crippen LogP contribution is 2.42. The molecule has 35 heavy (non-hydrogen) atoms. The predicted octanol–water partition coefficient (Wildman–Crippen LogP) is 3.88. The fraction of sp³-hybridized carbons (Fsp3) is 0.346. The number of aliphatic hydroxyl groups excluding tert-OH is 1. The van der Waals surface area contributed by atoms with Gasteiger partial charge < -0.3 is 15.3 Å². The minimum absolute atomic E-state index is 0.0152. The summed E-state index contributed by atoms with van der Waals surface area (Å²) >= 11 is 0. The molecular weight excluding hydrogens is 452 g/mol. The van der Waals surface area contributed by atoms with E-state index in [1.54, 1.807) is 17.3 Å². The minimum atomic E-state index is -0.681. The molecule has 0 saturated carbocycles. The van der Waals surface area contributed by atoms with E-state index in [4.69, 9.17) is 0 Å². The summed E-state index contributed by atoms with van der Waals surface area (Å²) in [5.41, 5.74) is 2.84. The summed E-state index contributed by atoms with van der Waals surface area (Å²) < 4.78 is 27.7. The van der Waals surface area contributed by atoms with Gasteiger partial charge in [-0.25, -0.2) is 23.5 Å². The fourth-order valence-electron chi connectivity index (χ4n) is 5.26. The molecule has 2 amide bonds. The van der Waals surface area contributed by atoms with Crippen molar-refractivity contribution < 1.29 is 18.7 Å². The second-order valence-electron chi connectivity index (χ2n) is 9.04. The zero-order valence-corrected chi connectivity index (χ0v) is 19.1. The van der Waals surface area contributed by atoms with Gasteiger partial charge >= 0.3 is 6.03 Å².